The molecule has 0 unspecified atom stereocenters. The van der Waals surface area contributed by atoms with E-state index in [9.17, 15) is 9.90 Å². The molecular formula is C13H18N2O3. The van der Waals surface area contributed by atoms with Gasteiger partial charge in [0.05, 0.1) is 24.3 Å². The van der Waals surface area contributed by atoms with E-state index in [0.29, 0.717) is 18.0 Å². The fraction of sp³-hybridized carbons (Fsp3) is 0.538. The Labute approximate surface area is 106 Å². The summed E-state index contributed by atoms with van der Waals surface area (Å²) < 4.78 is 4.88. The van der Waals surface area contributed by atoms with Crippen LogP contribution < -0.4 is 5.32 Å². The first-order chi connectivity index (χ1) is 8.69. The molecule has 1 saturated carbocycles. The molecule has 2 rings (SSSR count). The molecular weight excluding hydrogens is 232 g/mol. The minimum atomic E-state index is -0.364. The third-order valence-corrected chi connectivity index (χ3v) is 3.28. The summed E-state index contributed by atoms with van der Waals surface area (Å²) >= 11 is 0. The number of aromatic nitrogens is 1. The largest absolute Gasteiger partial charge is 0.462 e. The number of aliphatic hydroxyl groups excluding tert-OH is 1. The van der Waals surface area contributed by atoms with E-state index in [2.05, 4.69) is 10.3 Å². The SMILES string of the molecule is CCOC(=O)c1ccc(NC2(CO)CCC2)nc1. The summed E-state index contributed by atoms with van der Waals surface area (Å²) in [6.07, 6.45) is 4.51. The minimum absolute atomic E-state index is 0.105. The molecule has 1 heterocycles. The van der Waals surface area contributed by atoms with Crippen LogP contribution in [0.1, 0.15) is 36.5 Å². The number of carbonyl (C=O) groups is 1. The van der Waals surface area contributed by atoms with Gasteiger partial charge in [0.2, 0.25) is 0 Å². The van der Waals surface area contributed by atoms with Crippen molar-refractivity contribution < 1.29 is 14.6 Å². The fourth-order valence-electron chi connectivity index (χ4n) is 2.00. The van der Waals surface area contributed by atoms with Crippen LogP contribution in [0.25, 0.3) is 0 Å². The van der Waals surface area contributed by atoms with E-state index < -0.39 is 0 Å². The second kappa shape index (κ2) is 5.35. The van der Waals surface area contributed by atoms with Gasteiger partial charge in [0.15, 0.2) is 0 Å². The standard InChI is InChI=1S/C13H18N2O3/c1-2-18-12(17)10-4-5-11(14-8-10)15-13(9-16)6-3-7-13/h4-5,8,16H,2-3,6-7,9H2,1H3,(H,14,15). The summed E-state index contributed by atoms with van der Waals surface area (Å²) in [6.45, 7) is 2.23. The highest BCUT2D eigenvalue weighted by Crippen LogP contribution is 2.34. The molecule has 0 aromatic carbocycles. The summed E-state index contributed by atoms with van der Waals surface area (Å²) in [5.74, 6) is 0.314. The van der Waals surface area contributed by atoms with Gasteiger partial charge < -0.3 is 15.2 Å². The molecule has 0 amide bonds. The summed E-state index contributed by atoms with van der Waals surface area (Å²) in [6, 6.07) is 3.42. The molecule has 5 nitrogen and oxygen atoms in total. The van der Waals surface area contributed by atoms with Crippen LogP contribution in [-0.4, -0.2) is 34.8 Å². The maximum atomic E-state index is 11.4. The van der Waals surface area contributed by atoms with Gasteiger partial charge in [0.25, 0.3) is 0 Å². The lowest BCUT2D eigenvalue weighted by Gasteiger charge is -2.41. The number of nitrogens with one attached hydrogen (secondary N) is 1. The van der Waals surface area contributed by atoms with Crippen LogP contribution in [0.4, 0.5) is 5.82 Å². The van der Waals surface area contributed by atoms with Crippen LogP contribution in [0.15, 0.2) is 18.3 Å². The van der Waals surface area contributed by atoms with E-state index >= 15 is 0 Å². The van der Waals surface area contributed by atoms with E-state index in [1.807, 2.05) is 0 Å². The molecule has 0 bridgehead atoms. The Morgan fingerprint density at radius 3 is 2.78 bits per heavy atom. The van der Waals surface area contributed by atoms with Crippen LogP contribution in [0.3, 0.4) is 0 Å². The summed E-state index contributed by atoms with van der Waals surface area (Å²) in [5, 5.41) is 12.6. The topological polar surface area (TPSA) is 71.5 Å². The van der Waals surface area contributed by atoms with Gasteiger partial charge in [-0.2, -0.15) is 0 Å². The number of pyridine rings is 1. The van der Waals surface area contributed by atoms with Crippen molar-refractivity contribution in [2.24, 2.45) is 0 Å². The number of hydrogen-bond donors (Lipinski definition) is 2. The van der Waals surface area contributed by atoms with Crippen molar-refractivity contribution >= 4 is 11.8 Å². The van der Waals surface area contributed by atoms with Crippen molar-refractivity contribution in [1.82, 2.24) is 4.98 Å². The third kappa shape index (κ3) is 2.61. The first-order valence-electron chi connectivity index (χ1n) is 6.21. The Balaban J connectivity index is 2.01. The van der Waals surface area contributed by atoms with Gasteiger partial charge in [0.1, 0.15) is 5.82 Å². The van der Waals surface area contributed by atoms with E-state index in [4.69, 9.17) is 4.74 Å². The van der Waals surface area contributed by atoms with Crippen LogP contribution in [0, 0.1) is 0 Å². The predicted octanol–water partition coefficient (Wildman–Crippen LogP) is 1.59. The maximum absolute atomic E-state index is 11.4. The summed E-state index contributed by atoms with van der Waals surface area (Å²) in [5.41, 5.74) is 0.215. The zero-order valence-corrected chi connectivity index (χ0v) is 10.5. The van der Waals surface area contributed by atoms with Gasteiger partial charge in [-0.05, 0) is 38.3 Å². The molecule has 0 atom stereocenters. The normalized spacial score (nSPS) is 16.8. The Bertz CT molecular complexity index is 407. The summed E-state index contributed by atoms with van der Waals surface area (Å²) in [7, 11) is 0. The highest BCUT2D eigenvalue weighted by atomic mass is 16.5. The molecule has 1 aromatic heterocycles. The lowest BCUT2D eigenvalue weighted by Crippen LogP contribution is -2.48. The second-order valence-electron chi connectivity index (χ2n) is 4.57. The molecule has 0 spiro atoms. The molecule has 2 N–H and O–H groups in total. The van der Waals surface area contributed by atoms with Gasteiger partial charge in [-0.3, -0.25) is 0 Å². The molecule has 0 saturated heterocycles. The smallest absolute Gasteiger partial charge is 0.339 e. The average Bonchev–Trinajstić information content (AvgIpc) is 2.35. The molecule has 1 aliphatic carbocycles. The number of hydrogen-bond acceptors (Lipinski definition) is 5. The first kappa shape index (κ1) is 12.8. The molecule has 5 heteroatoms. The number of esters is 1. The Morgan fingerprint density at radius 1 is 1.56 bits per heavy atom. The van der Waals surface area contributed by atoms with Crippen LogP contribution in [0.2, 0.25) is 0 Å². The Morgan fingerprint density at radius 2 is 2.33 bits per heavy atom. The molecule has 98 valence electrons. The molecule has 0 aliphatic heterocycles. The number of aliphatic hydroxyl groups is 1. The quantitative estimate of drug-likeness (QED) is 0.776. The Hall–Kier alpha value is -1.62. The minimum Gasteiger partial charge on any atom is -0.462 e. The van der Waals surface area contributed by atoms with E-state index in [1.165, 1.54) is 6.20 Å². The van der Waals surface area contributed by atoms with E-state index in [1.54, 1.807) is 19.1 Å². The Kier molecular flexibility index (Phi) is 3.81. The third-order valence-electron chi connectivity index (χ3n) is 3.28. The number of ether oxygens (including phenoxy) is 1. The number of rotatable bonds is 5. The molecule has 1 aliphatic rings. The zero-order chi connectivity index (χ0) is 13.0. The second-order valence-corrected chi connectivity index (χ2v) is 4.57. The van der Waals surface area contributed by atoms with Crippen molar-refractivity contribution in [1.29, 1.82) is 0 Å². The van der Waals surface area contributed by atoms with Crippen molar-refractivity contribution in [3.8, 4) is 0 Å². The van der Waals surface area contributed by atoms with Crippen LogP contribution >= 0.6 is 0 Å². The summed E-state index contributed by atoms with van der Waals surface area (Å²) in [4.78, 5) is 15.6. The van der Waals surface area contributed by atoms with Gasteiger partial charge >= 0.3 is 5.97 Å². The zero-order valence-electron chi connectivity index (χ0n) is 10.5. The monoisotopic (exact) mass is 250 g/mol. The molecule has 1 aromatic rings. The lowest BCUT2D eigenvalue weighted by molar-refractivity contribution is 0.0526. The number of carbonyl (C=O) groups excluding carboxylic acids is 1. The van der Waals surface area contributed by atoms with Crippen LogP contribution in [-0.2, 0) is 4.74 Å². The van der Waals surface area contributed by atoms with Gasteiger partial charge in [-0.1, -0.05) is 0 Å². The highest BCUT2D eigenvalue weighted by Gasteiger charge is 2.36. The van der Waals surface area contributed by atoms with Crippen molar-refractivity contribution in [3.63, 3.8) is 0 Å². The molecule has 1 fully saturated rings. The van der Waals surface area contributed by atoms with Crippen molar-refractivity contribution in [2.45, 2.75) is 31.7 Å². The van der Waals surface area contributed by atoms with Crippen molar-refractivity contribution in [3.05, 3.63) is 23.9 Å². The van der Waals surface area contributed by atoms with E-state index in [0.717, 1.165) is 19.3 Å². The fourth-order valence-corrected chi connectivity index (χ4v) is 2.00. The van der Waals surface area contributed by atoms with Gasteiger partial charge in [-0.25, -0.2) is 9.78 Å². The van der Waals surface area contributed by atoms with Gasteiger partial charge in [0, 0.05) is 6.20 Å². The van der Waals surface area contributed by atoms with E-state index in [-0.39, 0.29) is 18.1 Å². The molecule has 18 heavy (non-hydrogen) atoms. The lowest BCUT2D eigenvalue weighted by atomic mass is 9.77. The first-order valence-corrected chi connectivity index (χ1v) is 6.21. The maximum Gasteiger partial charge on any atom is 0.339 e. The number of anilines is 1. The predicted molar refractivity (Wildman–Crippen MR) is 67.5 cm³/mol. The van der Waals surface area contributed by atoms with Crippen molar-refractivity contribution in [2.75, 3.05) is 18.5 Å². The highest BCUT2D eigenvalue weighted by molar-refractivity contribution is 5.89. The van der Waals surface area contributed by atoms with Gasteiger partial charge in [-0.15, -0.1) is 0 Å². The van der Waals surface area contributed by atoms with Crippen LogP contribution in [0.5, 0.6) is 0 Å². The molecule has 0 radical (unpaired) electrons. The number of nitrogens with zero attached hydrogens (tertiary/aromatic N) is 1. The average molecular weight is 250 g/mol.